The van der Waals surface area contributed by atoms with Crippen molar-refractivity contribution in [3.63, 3.8) is 0 Å². The van der Waals surface area contributed by atoms with Crippen molar-refractivity contribution in [2.75, 3.05) is 66.0 Å². The molecule has 0 spiro atoms. The van der Waals surface area contributed by atoms with Crippen molar-refractivity contribution in [3.05, 3.63) is 0 Å². The van der Waals surface area contributed by atoms with Gasteiger partial charge in [-0.05, 0) is 60.8 Å². The van der Waals surface area contributed by atoms with E-state index < -0.39 is 42.3 Å². The number of amides is 1. The van der Waals surface area contributed by atoms with E-state index in [2.05, 4.69) is 53.1 Å². The van der Waals surface area contributed by atoms with Crippen molar-refractivity contribution in [3.8, 4) is 0 Å². The number of esters is 3. The van der Waals surface area contributed by atoms with Gasteiger partial charge < -0.3 is 45.2 Å². The number of amidine groups is 1. The fraction of sp³-hybridized carbons (Fsp3) is 0.812. The van der Waals surface area contributed by atoms with Crippen LogP contribution in [0.1, 0.15) is 73.6 Å². The maximum absolute atomic E-state index is 12.6. The van der Waals surface area contributed by atoms with Crippen LogP contribution in [0.15, 0.2) is 0 Å². The van der Waals surface area contributed by atoms with Gasteiger partial charge in [0.25, 0.3) is 0 Å². The molecule has 0 aliphatic carbocycles. The molecule has 0 aliphatic rings. The zero-order chi connectivity index (χ0) is 38.6. The molecule has 1 atom stereocenters. The van der Waals surface area contributed by atoms with Crippen LogP contribution in [0.5, 0.6) is 0 Å². The molecule has 15 nitrogen and oxygen atoms in total. The maximum Gasteiger partial charge on any atom is 0.322 e. The lowest BCUT2D eigenvalue weighted by Gasteiger charge is -2.34. The summed E-state index contributed by atoms with van der Waals surface area (Å²) in [7, 11) is 0. The second-order valence-corrected chi connectivity index (χ2v) is 19.3. The number of carbonyl (C=O) groups excluding carboxylic acids is 5. The minimum absolute atomic E-state index is 0.0631. The van der Waals surface area contributed by atoms with E-state index in [4.69, 9.17) is 45.3 Å². The molecule has 290 valence electrons. The second-order valence-electron chi connectivity index (χ2n) is 13.3. The predicted octanol–water partition coefficient (Wildman–Crippen LogP) is 3.07. The lowest BCUT2D eigenvalue weighted by Crippen LogP contribution is -2.46. The molecular formula is C32H55Br3N4O11. The van der Waals surface area contributed by atoms with E-state index in [1.54, 1.807) is 41.5 Å². The molecule has 18 heteroatoms. The van der Waals surface area contributed by atoms with E-state index in [-0.39, 0.29) is 63.6 Å². The van der Waals surface area contributed by atoms with Crippen LogP contribution in [0, 0.1) is 10.8 Å². The van der Waals surface area contributed by atoms with Gasteiger partial charge in [0.2, 0.25) is 5.91 Å². The summed E-state index contributed by atoms with van der Waals surface area (Å²) in [5, 5.41) is 9.88. The average Bonchev–Trinajstić information content (AvgIpc) is 2.99. The largest absolute Gasteiger partial charge is 0.464 e. The molecule has 50 heavy (non-hydrogen) atoms. The molecule has 1 amide bonds. The molecule has 0 aromatic heterocycles. The van der Waals surface area contributed by atoms with Crippen molar-refractivity contribution in [2.24, 2.45) is 16.9 Å². The summed E-state index contributed by atoms with van der Waals surface area (Å²) in [5.74, 6) is -2.26. The Morgan fingerprint density at radius 1 is 0.680 bits per heavy atom. The highest BCUT2D eigenvalue weighted by molar-refractivity contribution is 9.10. The number of Topliss-reactive ketones (excluding diaryl/α,β-unsaturated/α-hetero) is 1. The van der Waals surface area contributed by atoms with E-state index in [1.165, 1.54) is 0 Å². The first-order chi connectivity index (χ1) is 23.0. The van der Waals surface area contributed by atoms with E-state index in [9.17, 15) is 24.0 Å². The second kappa shape index (κ2) is 23.8. The van der Waals surface area contributed by atoms with Gasteiger partial charge in [0.1, 0.15) is 39.4 Å². The number of nitrogens with two attached hydrogens (primary N) is 2. The molecule has 0 heterocycles. The summed E-state index contributed by atoms with van der Waals surface area (Å²) in [6.45, 7) is 9.56. The van der Waals surface area contributed by atoms with Gasteiger partial charge in [-0.15, -0.1) is 0 Å². The third-order valence-corrected chi connectivity index (χ3v) is 7.59. The SMILES string of the molecule is CC(C)(Br)C(=O)OCC(COCC(=O)CCCOCCOCCNC(=O)[C@@H](N)CCCC(=N)N)(COC(=O)C(C)(C)Br)COC(=O)C(C)(C)Br. The molecule has 0 saturated heterocycles. The minimum atomic E-state index is -1.33. The molecule has 0 bridgehead atoms. The van der Waals surface area contributed by atoms with Gasteiger partial charge in [-0.2, -0.15) is 0 Å². The Labute approximate surface area is 320 Å². The molecule has 0 fully saturated rings. The Morgan fingerprint density at radius 3 is 1.58 bits per heavy atom. The van der Waals surface area contributed by atoms with Crippen molar-refractivity contribution in [1.82, 2.24) is 5.32 Å². The molecule has 0 radical (unpaired) electrons. The van der Waals surface area contributed by atoms with Crippen LogP contribution in [-0.2, 0) is 52.4 Å². The highest BCUT2D eigenvalue weighted by atomic mass is 79.9. The van der Waals surface area contributed by atoms with Gasteiger partial charge in [0.05, 0.1) is 43.7 Å². The van der Waals surface area contributed by atoms with Gasteiger partial charge in [-0.3, -0.25) is 29.4 Å². The summed E-state index contributed by atoms with van der Waals surface area (Å²) in [4.78, 5) is 62.3. The Kier molecular flexibility index (Phi) is 23.0. The normalized spacial score (nSPS) is 12.9. The number of nitrogens with one attached hydrogen (secondary N) is 2. The average molecular weight is 912 g/mol. The highest BCUT2D eigenvalue weighted by Gasteiger charge is 2.41. The molecule has 0 rings (SSSR count). The van der Waals surface area contributed by atoms with Gasteiger partial charge in [0.15, 0.2) is 5.78 Å². The van der Waals surface area contributed by atoms with E-state index in [0.717, 1.165) is 0 Å². The van der Waals surface area contributed by atoms with Crippen LogP contribution in [0.3, 0.4) is 0 Å². The third-order valence-electron chi connectivity index (χ3n) is 6.62. The maximum atomic E-state index is 12.6. The number of rotatable bonds is 28. The number of hydrogen-bond acceptors (Lipinski definition) is 13. The smallest absolute Gasteiger partial charge is 0.322 e. The molecule has 0 aromatic rings. The first-order valence-corrected chi connectivity index (χ1v) is 18.6. The van der Waals surface area contributed by atoms with Crippen LogP contribution in [0.2, 0.25) is 0 Å². The Balaban J connectivity index is 4.85. The number of ketones is 1. The molecule has 0 aromatic carbocycles. The van der Waals surface area contributed by atoms with Crippen molar-refractivity contribution in [2.45, 2.75) is 92.7 Å². The monoisotopic (exact) mass is 908 g/mol. The Hall–Kier alpha value is -1.70. The Bertz CT molecular complexity index is 1030. The standard InChI is InChI=1S/C32H55Br3N4O11/c1-29(2,33)26(42)48-19-32(20-49-27(43)30(3,4)34,21-50-28(44)31(5,6)35)18-47-17-22(40)9-8-13-45-15-16-46-14-12-39-25(41)23(36)10-7-11-24(37)38/h23H,7-21,36H2,1-6H3,(H3,37,38)(H,39,41)/t23-/m0/s1. The molecule has 6 N–H and O–H groups in total. The summed E-state index contributed by atoms with van der Waals surface area (Å²) >= 11 is 9.77. The van der Waals surface area contributed by atoms with Crippen LogP contribution in [0.25, 0.3) is 0 Å². The summed E-state index contributed by atoms with van der Waals surface area (Å²) in [5.41, 5.74) is 9.78. The zero-order valence-corrected chi connectivity index (χ0v) is 34.7. The van der Waals surface area contributed by atoms with Crippen LogP contribution >= 0.6 is 47.8 Å². The Morgan fingerprint density at radius 2 is 1.14 bits per heavy atom. The van der Waals surface area contributed by atoms with Gasteiger partial charge >= 0.3 is 17.9 Å². The van der Waals surface area contributed by atoms with E-state index in [1.807, 2.05) is 0 Å². The first kappa shape index (κ1) is 48.3. The first-order valence-electron chi connectivity index (χ1n) is 16.2. The quantitative estimate of drug-likeness (QED) is 0.0221. The van der Waals surface area contributed by atoms with Crippen molar-refractivity contribution in [1.29, 1.82) is 5.41 Å². The predicted molar refractivity (Wildman–Crippen MR) is 198 cm³/mol. The molecule has 0 unspecified atom stereocenters. The third kappa shape index (κ3) is 23.0. The fourth-order valence-corrected chi connectivity index (χ4v) is 3.93. The van der Waals surface area contributed by atoms with Gasteiger partial charge in [0, 0.05) is 26.0 Å². The lowest BCUT2D eigenvalue weighted by molar-refractivity contribution is -0.170. The summed E-state index contributed by atoms with van der Waals surface area (Å²) in [6.07, 6.45) is 1.99. The number of hydrogen-bond donors (Lipinski definition) is 4. The number of ether oxygens (including phenoxy) is 6. The number of alkyl halides is 3. The van der Waals surface area contributed by atoms with Gasteiger partial charge in [-0.1, -0.05) is 47.8 Å². The van der Waals surface area contributed by atoms with Crippen molar-refractivity contribution >= 4 is 83.2 Å². The number of halogens is 3. The van der Waals surface area contributed by atoms with Gasteiger partial charge in [-0.25, -0.2) is 0 Å². The molecular weight excluding hydrogens is 856 g/mol. The summed E-state index contributed by atoms with van der Waals surface area (Å²) < 4.78 is 30.2. The molecule has 0 saturated carbocycles. The summed E-state index contributed by atoms with van der Waals surface area (Å²) in [6, 6.07) is -0.669. The highest BCUT2D eigenvalue weighted by Crippen LogP contribution is 2.28. The van der Waals surface area contributed by atoms with Crippen LogP contribution in [-0.4, -0.2) is 120 Å². The van der Waals surface area contributed by atoms with E-state index in [0.29, 0.717) is 52.0 Å². The zero-order valence-electron chi connectivity index (χ0n) is 30.0. The minimum Gasteiger partial charge on any atom is -0.464 e. The van der Waals surface area contributed by atoms with Crippen LogP contribution < -0.4 is 16.8 Å². The molecule has 0 aliphatic heterocycles. The fourth-order valence-electron chi connectivity index (χ4n) is 3.59. The topological polar surface area (TPSA) is 229 Å². The van der Waals surface area contributed by atoms with Crippen molar-refractivity contribution < 1.29 is 52.4 Å². The van der Waals surface area contributed by atoms with E-state index >= 15 is 0 Å². The van der Waals surface area contributed by atoms with Crippen LogP contribution in [0.4, 0.5) is 0 Å². The number of carbonyl (C=O) groups is 5. The lowest BCUT2D eigenvalue weighted by atomic mass is 9.91.